The summed E-state index contributed by atoms with van der Waals surface area (Å²) in [4.78, 5) is 14.7. The van der Waals surface area contributed by atoms with Crippen LogP contribution in [0, 0.1) is 10.1 Å². The van der Waals surface area contributed by atoms with Gasteiger partial charge in [0.25, 0.3) is 5.69 Å². The van der Waals surface area contributed by atoms with Gasteiger partial charge in [-0.05, 0) is 23.8 Å². The maximum atomic E-state index is 10.8. The SMILES string of the molecule is O=[N+]([O-])c1ccc2sc(C=Cc3cccc(Cl)c3Cl)nc2c1. The van der Waals surface area contributed by atoms with Gasteiger partial charge in [0.1, 0.15) is 5.01 Å². The molecule has 0 aliphatic heterocycles. The van der Waals surface area contributed by atoms with Crippen LogP contribution in [0.15, 0.2) is 36.4 Å². The van der Waals surface area contributed by atoms with Gasteiger partial charge in [-0.1, -0.05) is 41.4 Å². The molecule has 3 aromatic rings. The van der Waals surface area contributed by atoms with Gasteiger partial charge in [-0.2, -0.15) is 0 Å². The number of aromatic nitrogens is 1. The van der Waals surface area contributed by atoms with E-state index in [1.807, 2.05) is 24.3 Å². The summed E-state index contributed by atoms with van der Waals surface area (Å²) < 4.78 is 0.891. The third-order valence-corrected chi connectivity index (χ3v) is 4.82. The molecule has 0 aliphatic carbocycles. The lowest BCUT2D eigenvalue weighted by atomic mass is 10.2. The van der Waals surface area contributed by atoms with Crippen molar-refractivity contribution in [3.63, 3.8) is 0 Å². The van der Waals surface area contributed by atoms with Crippen LogP contribution in [0.1, 0.15) is 10.6 Å². The molecule has 2 aromatic carbocycles. The smallest absolute Gasteiger partial charge is 0.258 e. The molecule has 0 saturated heterocycles. The number of fused-ring (bicyclic) bond motifs is 1. The predicted molar refractivity (Wildman–Crippen MR) is 91.7 cm³/mol. The van der Waals surface area contributed by atoms with Gasteiger partial charge >= 0.3 is 0 Å². The Hall–Kier alpha value is -1.95. The molecule has 0 bridgehead atoms. The molecule has 1 heterocycles. The minimum atomic E-state index is -0.431. The third-order valence-electron chi connectivity index (χ3n) is 2.99. The van der Waals surface area contributed by atoms with Crippen LogP contribution < -0.4 is 0 Å². The molecule has 3 rings (SSSR count). The van der Waals surface area contributed by atoms with Gasteiger partial charge in [0.2, 0.25) is 0 Å². The van der Waals surface area contributed by atoms with Gasteiger partial charge in [-0.3, -0.25) is 10.1 Å². The van der Waals surface area contributed by atoms with Gasteiger partial charge < -0.3 is 0 Å². The van der Waals surface area contributed by atoms with Crippen molar-refractivity contribution in [2.75, 3.05) is 0 Å². The van der Waals surface area contributed by atoms with Crippen molar-refractivity contribution in [1.29, 1.82) is 0 Å². The number of hydrogen-bond acceptors (Lipinski definition) is 4. The van der Waals surface area contributed by atoms with Crippen LogP contribution >= 0.6 is 34.5 Å². The molecule has 0 amide bonds. The van der Waals surface area contributed by atoms with Crippen molar-refractivity contribution in [2.24, 2.45) is 0 Å². The van der Waals surface area contributed by atoms with E-state index in [1.165, 1.54) is 23.5 Å². The second-order valence-electron chi connectivity index (χ2n) is 4.44. The van der Waals surface area contributed by atoms with E-state index < -0.39 is 4.92 Å². The molecule has 0 radical (unpaired) electrons. The van der Waals surface area contributed by atoms with Gasteiger partial charge in [0.05, 0.1) is 25.2 Å². The highest BCUT2D eigenvalue weighted by Crippen LogP contribution is 2.29. The summed E-state index contributed by atoms with van der Waals surface area (Å²) in [6.45, 7) is 0. The number of benzene rings is 2. The Bertz CT molecular complexity index is 906. The molecule has 22 heavy (non-hydrogen) atoms. The number of thiazole rings is 1. The quantitative estimate of drug-likeness (QED) is 0.450. The summed E-state index contributed by atoms with van der Waals surface area (Å²) in [5.74, 6) is 0. The Morgan fingerprint density at radius 3 is 2.77 bits per heavy atom. The highest BCUT2D eigenvalue weighted by atomic mass is 35.5. The zero-order valence-electron chi connectivity index (χ0n) is 11.0. The van der Waals surface area contributed by atoms with E-state index in [-0.39, 0.29) is 5.69 Å². The number of hydrogen-bond donors (Lipinski definition) is 0. The van der Waals surface area contributed by atoms with Crippen LogP contribution in [0.25, 0.3) is 22.4 Å². The van der Waals surface area contributed by atoms with Crippen LogP contribution in [0.3, 0.4) is 0 Å². The number of nitrogens with zero attached hydrogens (tertiary/aromatic N) is 2. The molecule has 1 aromatic heterocycles. The average Bonchev–Trinajstić information content (AvgIpc) is 2.90. The summed E-state index contributed by atoms with van der Waals surface area (Å²) in [7, 11) is 0. The summed E-state index contributed by atoms with van der Waals surface area (Å²) in [6, 6.07) is 10.0. The first kappa shape index (κ1) is 15.0. The molecule has 0 aliphatic rings. The van der Waals surface area contributed by atoms with Crippen molar-refractivity contribution in [1.82, 2.24) is 4.98 Å². The number of nitro benzene ring substituents is 1. The van der Waals surface area contributed by atoms with E-state index in [0.717, 1.165) is 15.3 Å². The zero-order valence-corrected chi connectivity index (χ0v) is 13.3. The van der Waals surface area contributed by atoms with E-state index >= 15 is 0 Å². The Morgan fingerprint density at radius 2 is 2.00 bits per heavy atom. The van der Waals surface area contributed by atoms with Crippen LogP contribution in [0.5, 0.6) is 0 Å². The van der Waals surface area contributed by atoms with E-state index in [2.05, 4.69) is 4.98 Å². The van der Waals surface area contributed by atoms with Crippen LogP contribution in [0.4, 0.5) is 5.69 Å². The maximum absolute atomic E-state index is 10.8. The third kappa shape index (κ3) is 2.97. The second kappa shape index (κ2) is 6.04. The molecule has 110 valence electrons. The lowest BCUT2D eigenvalue weighted by Gasteiger charge is -1.98. The fraction of sp³-hybridized carbons (Fsp3) is 0. The molecule has 7 heteroatoms. The molecule has 0 N–H and O–H groups in total. The first-order valence-corrected chi connectivity index (χ1v) is 7.79. The Morgan fingerprint density at radius 1 is 1.18 bits per heavy atom. The van der Waals surface area contributed by atoms with Crippen molar-refractivity contribution in [3.8, 4) is 0 Å². The van der Waals surface area contributed by atoms with Crippen molar-refractivity contribution in [2.45, 2.75) is 0 Å². The van der Waals surface area contributed by atoms with Gasteiger partial charge in [0, 0.05) is 12.1 Å². The number of rotatable bonds is 3. The van der Waals surface area contributed by atoms with Crippen LogP contribution in [0.2, 0.25) is 10.0 Å². The minimum absolute atomic E-state index is 0.0335. The van der Waals surface area contributed by atoms with Crippen molar-refractivity contribution >= 4 is 62.6 Å². The fourth-order valence-electron chi connectivity index (χ4n) is 1.93. The Labute approximate surface area is 139 Å². The standard InChI is InChI=1S/C15H8Cl2N2O2S/c16-11-3-1-2-9(15(11)17)4-7-14-18-12-8-10(19(20)21)5-6-13(12)22-14/h1-8H. The van der Waals surface area contributed by atoms with Crippen LogP contribution in [-0.4, -0.2) is 9.91 Å². The highest BCUT2D eigenvalue weighted by Gasteiger charge is 2.09. The average molecular weight is 351 g/mol. The lowest BCUT2D eigenvalue weighted by molar-refractivity contribution is -0.384. The molecule has 0 atom stereocenters. The molecule has 0 spiro atoms. The Kier molecular flexibility index (Phi) is 4.11. The minimum Gasteiger partial charge on any atom is -0.258 e. The molecule has 0 unspecified atom stereocenters. The first-order valence-electron chi connectivity index (χ1n) is 6.21. The summed E-state index contributed by atoms with van der Waals surface area (Å²) >= 11 is 13.5. The monoisotopic (exact) mass is 350 g/mol. The second-order valence-corrected chi connectivity index (χ2v) is 6.29. The summed E-state index contributed by atoms with van der Waals surface area (Å²) in [6.07, 6.45) is 3.63. The van der Waals surface area contributed by atoms with E-state index in [4.69, 9.17) is 23.2 Å². The van der Waals surface area contributed by atoms with E-state index in [1.54, 1.807) is 12.1 Å². The van der Waals surface area contributed by atoms with Gasteiger partial charge in [-0.25, -0.2) is 4.98 Å². The Balaban J connectivity index is 1.95. The highest BCUT2D eigenvalue weighted by molar-refractivity contribution is 7.19. The zero-order chi connectivity index (χ0) is 15.7. The normalized spacial score (nSPS) is 11.4. The summed E-state index contributed by atoms with van der Waals surface area (Å²) in [5, 5.41) is 12.5. The van der Waals surface area contributed by atoms with Crippen molar-refractivity contribution in [3.05, 3.63) is 67.1 Å². The van der Waals surface area contributed by atoms with Crippen molar-refractivity contribution < 1.29 is 4.92 Å². The number of halogens is 2. The number of nitro groups is 1. The van der Waals surface area contributed by atoms with Gasteiger partial charge in [0.15, 0.2) is 0 Å². The number of non-ortho nitro benzene ring substituents is 1. The fourth-order valence-corrected chi connectivity index (χ4v) is 3.15. The summed E-state index contributed by atoms with van der Waals surface area (Å²) in [5.41, 5.74) is 1.43. The van der Waals surface area contributed by atoms with Gasteiger partial charge in [-0.15, -0.1) is 11.3 Å². The molecule has 0 saturated carbocycles. The first-order chi connectivity index (χ1) is 10.5. The molecule has 0 fully saturated rings. The molecular weight excluding hydrogens is 343 g/mol. The topological polar surface area (TPSA) is 56.0 Å². The lowest BCUT2D eigenvalue weighted by Crippen LogP contribution is -1.86. The largest absolute Gasteiger partial charge is 0.271 e. The molecule has 4 nitrogen and oxygen atoms in total. The van der Waals surface area contributed by atoms with E-state index in [9.17, 15) is 10.1 Å². The van der Waals surface area contributed by atoms with E-state index in [0.29, 0.717) is 15.6 Å². The maximum Gasteiger partial charge on any atom is 0.271 e. The van der Waals surface area contributed by atoms with Crippen LogP contribution in [-0.2, 0) is 0 Å². The predicted octanol–water partition coefficient (Wildman–Crippen LogP) is 5.68. The molecular formula is C15H8Cl2N2O2S.